The number of esters is 1. The van der Waals surface area contributed by atoms with Gasteiger partial charge in [0.2, 0.25) is 0 Å². The molecule has 0 radical (unpaired) electrons. The molecule has 0 aromatic carbocycles. The van der Waals surface area contributed by atoms with Crippen molar-refractivity contribution in [1.29, 1.82) is 0 Å². The Morgan fingerprint density at radius 1 is 1.31 bits per heavy atom. The third kappa shape index (κ3) is 5.28. The minimum absolute atomic E-state index is 0.165. The van der Waals surface area contributed by atoms with Crippen LogP contribution in [0.4, 0.5) is 0 Å². The van der Waals surface area contributed by atoms with E-state index in [1.165, 1.54) is 6.20 Å². The van der Waals surface area contributed by atoms with Gasteiger partial charge in [0, 0.05) is 6.08 Å². The number of carbonyl (C=O) groups excluding carboxylic acids is 1. The van der Waals surface area contributed by atoms with Gasteiger partial charge in [-0.25, -0.2) is 0 Å². The van der Waals surface area contributed by atoms with Crippen molar-refractivity contribution in [2.75, 3.05) is 19.7 Å². The molecule has 0 aliphatic rings. The summed E-state index contributed by atoms with van der Waals surface area (Å²) in [5.41, 5.74) is -0.493. The molecule has 0 N–H and O–H groups in total. The van der Waals surface area contributed by atoms with E-state index < -0.39 is 5.41 Å². The second-order valence-corrected chi connectivity index (χ2v) is 4.82. The van der Waals surface area contributed by atoms with Crippen molar-refractivity contribution in [2.45, 2.75) is 34.6 Å². The van der Waals surface area contributed by atoms with E-state index in [-0.39, 0.29) is 17.2 Å². The Balaban J connectivity index is 4.08. The van der Waals surface area contributed by atoms with Crippen molar-refractivity contribution in [3.05, 3.63) is 17.5 Å². The van der Waals surface area contributed by atoms with Crippen LogP contribution in [0.5, 0.6) is 0 Å². The quantitative estimate of drug-likeness (QED) is 0.413. The Hall–Kier alpha value is -0.870. The highest BCUT2D eigenvalue weighted by Crippen LogP contribution is 2.15. The van der Waals surface area contributed by atoms with Crippen LogP contribution in [0.3, 0.4) is 0 Å². The molecule has 4 nitrogen and oxygen atoms in total. The topological polar surface area (TPSA) is 49.4 Å². The van der Waals surface area contributed by atoms with Crippen molar-refractivity contribution in [3.63, 3.8) is 0 Å². The molecular formula is C12H23NO3. The summed E-state index contributed by atoms with van der Waals surface area (Å²) in [5, 5.41) is 11.8. The normalized spacial score (nSPS) is 13.1. The van der Waals surface area contributed by atoms with Gasteiger partial charge < -0.3 is 14.6 Å². The first-order valence-corrected chi connectivity index (χ1v) is 5.68. The maximum atomic E-state index is 11.8. The summed E-state index contributed by atoms with van der Waals surface area (Å²) in [7, 11) is 0. The van der Waals surface area contributed by atoms with Crippen LogP contribution in [0.1, 0.15) is 34.6 Å². The Morgan fingerprint density at radius 2 is 1.81 bits per heavy atom. The Bertz CT molecular complexity index is 249. The number of ether oxygens (including phenoxy) is 1. The summed E-state index contributed by atoms with van der Waals surface area (Å²) >= 11 is 0. The molecule has 94 valence electrons. The molecule has 16 heavy (non-hydrogen) atoms. The van der Waals surface area contributed by atoms with E-state index in [1.807, 2.05) is 13.8 Å². The Kier molecular flexibility index (Phi) is 5.68. The summed E-state index contributed by atoms with van der Waals surface area (Å²) in [6, 6.07) is 0. The third-order valence-electron chi connectivity index (χ3n) is 2.37. The summed E-state index contributed by atoms with van der Waals surface area (Å²) in [6.45, 7) is 10.2. The SMILES string of the molecule is CC[N+]([O-])(/C=C/COC(=O)C(C)(C)C)CC. The van der Waals surface area contributed by atoms with Crippen LogP contribution < -0.4 is 0 Å². The van der Waals surface area contributed by atoms with E-state index in [9.17, 15) is 10.0 Å². The molecule has 0 fully saturated rings. The highest BCUT2D eigenvalue weighted by molar-refractivity contribution is 5.75. The molecule has 4 heteroatoms. The van der Waals surface area contributed by atoms with Gasteiger partial charge in [-0.15, -0.1) is 0 Å². The van der Waals surface area contributed by atoms with Gasteiger partial charge in [0.25, 0.3) is 0 Å². The highest BCUT2D eigenvalue weighted by atomic mass is 16.5. The van der Waals surface area contributed by atoms with Crippen LogP contribution in [-0.4, -0.2) is 30.3 Å². The molecule has 0 aromatic heterocycles. The van der Waals surface area contributed by atoms with Crippen molar-refractivity contribution in [1.82, 2.24) is 0 Å². The van der Waals surface area contributed by atoms with Crippen LogP contribution in [-0.2, 0) is 9.53 Å². The maximum absolute atomic E-state index is 11.8. The van der Waals surface area contributed by atoms with Gasteiger partial charge in [-0.2, -0.15) is 0 Å². The van der Waals surface area contributed by atoms with Crippen LogP contribution in [0.2, 0.25) is 0 Å². The average Bonchev–Trinajstić information content (AvgIpc) is 2.22. The van der Waals surface area contributed by atoms with Gasteiger partial charge in [0.05, 0.1) is 24.7 Å². The summed E-state index contributed by atoms with van der Waals surface area (Å²) < 4.78 is 4.63. The number of carbonyl (C=O) groups is 1. The number of rotatable bonds is 5. The van der Waals surface area contributed by atoms with Crippen LogP contribution >= 0.6 is 0 Å². The molecule has 0 aromatic rings. The first kappa shape index (κ1) is 15.1. The van der Waals surface area contributed by atoms with Gasteiger partial charge in [-0.1, -0.05) is 0 Å². The Labute approximate surface area is 98.1 Å². The molecule has 0 spiro atoms. The van der Waals surface area contributed by atoms with Crippen LogP contribution in [0, 0.1) is 10.6 Å². The molecule has 0 atom stereocenters. The van der Waals surface area contributed by atoms with Gasteiger partial charge in [0.15, 0.2) is 0 Å². The van der Waals surface area contributed by atoms with E-state index in [0.717, 1.165) is 0 Å². The fourth-order valence-corrected chi connectivity index (χ4v) is 1.01. The van der Waals surface area contributed by atoms with Gasteiger partial charge in [0.1, 0.15) is 6.61 Å². The Morgan fingerprint density at radius 3 is 2.19 bits per heavy atom. The fraction of sp³-hybridized carbons (Fsp3) is 0.750. The first-order valence-electron chi connectivity index (χ1n) is 5.68. The monoisotopic (exact) mass is 229 g/mol. The molecular weight excluding hydrogens is 206 g/mol. The maximum Gasteiger partial charge on any atom is 0.311 e. The largest absolute Gasteiger partial charge is 0.628 e. The van der Waals surface area contributed by atoms with E-state index in [0.29, 0.717) is 13.1 Å². The number of hydrogen-bond donors (Lipinski definition) is 0. The lowest BCUT2D eigenvalue weighted by Gasteiger charge is -2.36. The second-order valence-electron chi connectivity index (χ2n) is 4.82. The molecule has 0 amide bonds. The van der Waals surface area contributed by atoms with Crippen molar-refractivity contribution in [2.24, 2.45) is 5.41 Å². The standard InChI is InChI=1S/C12H23NO3/c1-6-13(15,7-2)9-8-10-16-11(14)12(3,4)5/h8-9H,6-7,10H2,1-5H3/b9-8+. The number of hydrogen-bond acceptors (Lipinski definition) is 3. The molecule has 0 rings (SSSR count). The molecule has 0 bridgehead atoms. The van der Waals surface area contributed by atoms with E-state index in [2.05, 4.69) is 0 Å². The van der Waals surface area contributed by atoms with Crippen molar-refractivity contribution in [3.8, 4) is 0 Å². The van der Waals surface area contributed by atoms with E-state index in [4.69, 9.17) is 4.74 Å². The summed E-state index contributed by atoms with van der Waals surface area (Å²) in [4.78, 5) is 11.4. The lowest BCUT2D eigenvalue weighted by atomic mass is 9.97. The number of quaternary nitrogens is 1. The van der Waals surface area contributed by atoms with Crippen molar-refractivity contribution < 1.29 is 14.2 Å². The minimum atomic E-state index is -0.493. The predicted octanol–water partition coefficient (Wildman–Crippen LogP) is 2.44. The molecule has 0 heterocycles. The number of nitrogens with zero attached hydrogens (tertiary/aromatic N) is 1. The lowest BCUT2D eigenvalue weighted by molar-refractivity contribution is -0.825. The van der Waals surface area contributed by atoms with Crippen LogP contribution in [0.25, 0.3) is 0 Å². The van der Waals surface area contributed by atoms with E-state index in [1.54, 1.807) is 26.8 Å². The molecule has 0 aliphatic heterocycles. The van der Waals surface area contributed by atoms with Crippen LogP contribution in [0.15, 0.2) is 12.3 Å². The minimum Gasteiger partial charge on any atom is -0.628 e. The van der Waals surface area contributed by atoms with Gasteiger partial charge in [-0.05, 0) is 34.6 Å². The van der Waals surface area contributed by atoms with Gasteiger partial charge >= 0.3 is 5.97 Å². The number of hydroxylamine groups is 3. The average molecular weight is 229 g/mol. The lowest BCUT2D eigenvalue weighted by Crippen LogP contribution is -2.35. The zero-order valence-electron chi connectivity index (χ0n) is 10.9. The zero-order chi connectivity index (χ0) is 12.8. The van der Waals surface area contributed by atoms with Gasteiger partial charge in [-0.3, -0.25) is 4.79 Å². The highest BCUT2D eigenvalue weighted by Gasteiger charge is 2.22. The summed E-state index contributed by atoms with van der Waals surface area (Å²) in [5.74, 6) is -0.255. The van der Waals surface area contributed by atoms with Crippen molar-refractivity contribution >= 4 is 5.97 Å². The predicted molar refractivity (Wildman–Crippen MR) is 64.3 cm³/mol. The third-order valence-corrected chi connectivity index (χ3v) is 2.37. The summed E-state index contributed by atoms with van der Waals surface area (Å²) in [6.07, 6.45) is 3.15. The molecule has 0 aliphatic carbocycles. The molecule has 0 saturated carbocycles. The first-order chi connectivity index (χ1) is 7.25. The second kappa shape index (κ2) is 6.01. The molecule has 0 unspecified atom stereocenters. The molecule has 0 saturated heterocycles. The zero-order valence-corrected chi connectivity index (χ0v) is 10.9. The smallest absolute Gasteiger partial charge is 0.311 e. The van der Waals surface area contributed by atoms with E-state index >= 15 is 0 Å². The fourth-order valence-electron chi connectivity index (χ4n) is 1.01.